The van der Waals surface area contributed by atoms with E-state index in [0.29, 0.717) is 11.9 Å². The van der Waals surface area contributed by atoms with Crippen molar-refractivity contribution in [2.45, 2.75) is 6.04 Å². The molecule has 0 atom stereocenters. The molecule has 4 heteroatoms. The quantitative estimate of drug-likeness (QED) is 0.669. The molecule has 1 aromatic heterocycles. The first-order valence-electron chi connectivity index (χ1n) is 3.90. The van der Waals surface area contributed by atoms with E-state index >= 15 is 0 Å². The molecule has 12 heavy (non-hydrogen) atoms. The van der Waals surface area contributed by atoms with Crippen LogP contribution in [-0.4, -0.2) is 24.2 Å². The van der Waals surface area contributed by atoms with Crippen LogP contribution in [0.1, 0.15) is 0 Å². The molecule has 0 aliphatic carbocycles. The van der Waals surface area contributed by atoms with E-state index < -0.39 is 0 Å². The van der Waals surface area contributed by atoms with Gasteiger partial charge in [0.05, 0.1) is 31.1 Å². The van der Waals surface area contributed by atoms with Gasteiger partial charge in [-0.1, -0.05) is 0 Å². The van der Waals surface area contributed by atoms with Gasteiger partial charge in [-0.3, -0.25) is 0 Å². The molecule has 1 fully saturated rings. The molecular weight excluding hydrogens is 154 g/mol. The number of nitrogens with two attached hydrogens (primary N) is 1. The van der Waals surface area contributed by atoms with E-state index in [9.17, 15) is 0 Å². The highest BCUT2D eigenvalue weighted by Gasteiger charge is 2.17. The molecule has 4 nitrogen and oxygen atoms in total. The van der Waals surface area contributed by atoms with Crippen LogP contribution in [0.3, 0.4) is 0 Å². The third-order valence-corrected chi connectivity index (χ3v) is 1.80. The van der Waals surface area contributed by atoms with Gasteiger partial charge < -0.3 is 15.8 Å². The molecule has 0 unspecified atom stereocenters. The average Bonchev–Trinajstić information content (AvgIpc) is 2.00. The highest BCUT2D eigenvalue weighted by atomic mass is 16.5. The van der Waals surface area contributed by atoms with Crippen LogP contribution in [0.2, 0.25) is 0 Å². The van der Waals surface area contributed by atoms with Crippen molar-refractivity contribution in [3.05, 3.63) is 18.3 Å². The second-order valence-electron chi connectivity index (χ2n) is 2.85. The fourth-order valence-corrected chi connectivity index (χ4v) is 1.05. The van der Waals surface area contributed by atoms with E-state index in [2.05, 4.69) is 10.3 Å². The van der Waals surface area contributed by atoms with Gasteiger partial charge in [0.1, 0.15) is 5.82 Å². The Morgan fingerprint density at radius 2 is 2.33 bits per heavy atom. The zero-order valence-corrected chi connectivity index (χ0v) is 6.66. The topological polar surface area (TPSA) is 60.2 Å². The third-order valence-electron chi connectivity index (χ3n) is 1.80. The monoisotopic (exact) mass is 165 g/mol. The number of nitrogens with one attached hydrogen (secondary N) is 1. The highest BCUT2D eigenvalue weighted by Crippen LogP contribution is 2.12. The van der Waals surface area contributed by atoms with Crippen LogP contribution < -0.4 is 11.1 Å². The van der Waals surface area contributed by atoms with E-state index in [1.807, 2.05) is 6.07 Å². The van der Waals surface area contributed by atoms with E-state index in [1.54, 1.807) is 12.3 Å². The van der Waals surface area contributed by atoms with Gasteiger partial charge in [0.15, 0.2) is 0 Å². The van der Waals surface area contributed by atoms with Crippen LogP contribution in [-0.2, 0) is 4.74 Å². The highest BCUT2D eigenvalue weighted by molar-refractivity contribution is 5.46. The molecule has 1 saturated heterocycles. The Balaban J connectivity index is 1.98. The predicted octanol–water partition coefficient (Wildman–Crippen LogP) is 0.474. The van der Waals surface area contributed by atoms with Crippen LogP contribution in [0.15, 0.2) is 18.3 Å². The van der Waals surface area contributed by atoms with Gasteiger partial charge in [0.2, 0.25) is 0 Å². The Kier molecular flexibility index (Phi) is 1.83. The fraction of sp³-hybridized carbons (Fsp3) is 0.375. The maximum atomic E-state index is 5.44. The lowest BCUT2D eigenvalue weighted by molar-refractivity contribution is 0.0211. The number of anilines is 2. The Bertz CT molecular complexity index is 256. The number of hydrogen-bond donors (Lipinski definition) is 2. The maximum absolute atomic E-state index is 5.44. The summed E-state index contributed by atoms with van der Waals surface area (Å²) in [6.07, 6.45) is 1.73. The Morgan fingerprint density at radius 3 is 2.83 bits per heavy atom. The van der Waals surface area contributed by atoms with Gasteiger partial charge in [-0.2, -0.15) is 0 Å². The van der Waals surface area contributed by atoms with Gasteiger partial charge in [0, 0.05) is 0 Å². The normalized spacial score (nSPS) is 17.0. The van der Waals surface area contributed by atoms with Crippen molar-refractivity contribution >= 4 is 11.5 Å². The lowest BCUT2D eigenvalue weighted by Gasteiger charge is -2.27. The molecule has 0 spiro atoms. The minimum Gasteiger partial charge on any atom is -0.384 e. The number of nitrogen functional groups attached to an aromatic ring is 1. The first kappa shape index (κ1) is 7.36. The van der Waals surface area contributed by atoms with Crippen molar-refractivity contribution in [2.75, 3.05) is 24.3 Å². The molecule has 2 heterocycles. The maximum Gasteiger partial charge on any atom is 0.123 e. The number of hydrogen-bond acceptors (Lipinski definition) is 4. The van der Waals surface area contributed by atoms with Crippen LogP contribution in [0, 0.1) is 0 Å². The van der Waals surface area contributed by atoms with E-state index in [4.69, 9.17) is 10.5 Å². The van der Waals surface area contributed by atoms with Crippen LogP contribution >= 0.6 is 0 Å². The molecule has 0 amide bonds. The molecule has 0 radical (unpaired) electrons. The van der Waals surface area contributed by atoms with E-state index in [1.165, 1.54) is 0 Å². The lowest BCUT2D eigenvalue weighted by atomic mass is 10.2. The standard InChI is InChI=1S/C8H11N3O/c9-8-2-1-6(3-10-8)11-7-4-12-5-7/h1-3,7,11H,4-5H2,(H2,9,10). The van der Waals surface area contributed by atoms with Gasteiger partial charge >= 0.3 is 0 Å². The molecule has 0 saturated carbocycles. The van der Waals surface area contributed by atoms with Crippen molar-refractivity contribution in [3.63, 3.8) is 0 Å². The Labute approximate surface area is 70.7 Å². The molecule has 1 aliphatic heterocycles. The average molecular weight is 165 g/mol. The summed E-state index contributed by atoms with van der Waals surface area (Å²) in [5, 5.41) is 3.26. The van der Waals surface area contributed by atoms with Crippen molar-refractivity contribution in [1.29, 1.82) is 0 Å². The van der Waals surface area contributed by atoms with Gasteiger partial charge in [-0.25, -0.2) is 4.98 Å². The third kappa shape index (κ3) is 1.48. The largest absolute Gasteiger partial charge is 0.384 e. The van der Waals surface area contributed by atoms with Gasteiger partial charge in [-0.15, -0.1) is 0 Å². The smallest absolute Gasteiger partial charge is 0.123 e. The zero-order valence-electron chi connectivity index (χ0n) is 6.66. The molecule has 0 bridgehead atoms. The first-order valence-corrected chi connectivity index (χ1v) is 3.90. The minimum atomic E-state index is 0.440. The minimum absolute atomic E-state index is 0.440. The summed E-state index contributed by atoms with van der Waals surface area (Å²) in [5.74, 6) is 0.547. The fourth-order valence-electron chi connectivity index (χ4n) is 1.05. The second-order valence-corrected chi connectivity index (χ2v) is 2.85. The Morgan fingerprint density at radius 1 is 1.50 bits per heavy atom. The van der Waals surface area contributed by atoms with E-state index in [-0.39, 0.29) is 0 Å². The number of aromatic nitrogens is 1. The SMILES string of the molecule is Nc1ccc(NC2COC2)cn1. The summed E-state index contributed by atoms with van der Waals surface area (Å²) in [5.41, 5.74) is 6.44. The van der Waals surface area contributed by atoms with Crippen molar-refractivity contribution in [3.8, 4) is 0 Å². The van der Waals surface area contributed by atoms with Crippen molar-refractivity contribution < 1.29 is 4.74 Å². The summed E-state index contributed by atoms with van der Waals surface area (Å²) >= 11 is 0. The molecule has 3 N–H and O–H groups in total. The summed E-state index contributed by atoms with van der Waals surface area (Å²) < 4.78 is 5.02. The van der Waals surface area contributed by atoms with Crippen LogP contribution in [0.4, 0.5) is 11.5 Å². The van der Waals surface area contributed by atoms with Gasteiger partial charge in [-0.05, 0) is 12.1 Å². The summed E-state index contributed by atoms with van der Waals surface area (Å²) in [4.78, 5) is 3.97. The van der Waals surface area contributed by atoms with Crippen LogP contribution in [0.25, 0.3) is 0 Å². The van der Waals surface area contributed by atoms with E-state index in [0.717, 1.165) is 18.9 Å². The second kappa shape index (κ2) is 2.98. The number of rotatable bonds is 2. The summed E-state index contributed by atoms with van der Waals surface area (Å²) in [7, 11) is 0. The number of ether oxygens (including phenoxy) is 1. The zero-order chi connectivity index (χ0) is 8.39. The first-order chi connectivity index (χ1) is 5.84. The predicted molar refractivity (Wildman–Crippen MR) is 46.9 cm³/mol. The lowest BCUT2D eigenvalue weighted by Crippen LogP contribution is -2.40. The molecule has 64 valence electrons. The molecule has 1 aliphatic rings. The van der Waals surface area contributed by atoms with Crippen molar-refractivity contribution in [2.24, 2.45) is 0 Å². The summed E-state index contributed by atoms with van der Waals surface area (Å²) in [6, 6.07) is 4.14. The number of pyridine rings is 1. The Hall–Kier alpha value is -1.29. The summed E-state index contributed by atoms with van der Waals surface area (Å²) in [6.45, 7) is 1.56. The molecular formula is C8H11N3O. The van der Waals surface area contributed by atoms with Crippen molar-refractivity contribution in [1.82, 2.24) is 4.98 Å². The number of nitrogens with zero attached hydrogens (tertiary/aromatic N) is 1. The molecule has 2 rings (SSSR count). The van der Waals surface area contributed by atoms with Crippen LogP contribution in [0.5, 0.6) is 0 Å². The molecule has 1 aromatic rings. The van der Waals surface area contributed by atoms with Gasteiger partial charge in [0.25, 0.3) is 0 Å². The molecule has 0 aromatic carbocycles.